The summed E-state index contributed by atoms with van der Waals surface area (Å²) >= 11 is 1.75. The summed E-state index contributed by atoms with van der Waals surface area (Å²) < 4.78 is 10.9. The van der Waals surface area contributed by atoms with E-state index in [-0.39, 0.29) is 0 Å². The number of methoxy groups -OCH3 is 2. The minimum absolute atomic E-state index is 0.388. The van der Waals surface area contributed by atoms with Crippen LogP contribution in [0.1, 0.15) is 35.9 Å². The van der Waals surface area contributed by atoms with Gasteiger partial charge in [0.05, 0.1) is 32.2 Å². The zero-order valence-corrected chi connectivity index (χ0v) is 16.5. The molecular formula is C20H24N4O2S. The van der Waals surface area contributed by atoms with Gasteiger partial charge in [-0.1, -0.05) is 6.42 Å². The third-order valence-electron chi connectivity index (χ3n) is 5.12. The molecule has 4 rings (SSSR count). The van der Waals surface area contributed by atoms with Crippen LogP contribution in [0, 0.1) is 0 Å². The van der Waals surface area contributed by atoms with Crippen LogP contribution in [-0.2, 0) is 6.54 Å². The predicted octanol–water partition coefficient (Wildman–Crippen LogP) is 4.28. The van der Waals surface area contributed by atoms with E-state index in [0.717, 1.165) is 42.3 Å². The molecule has 1 N–H and O–H groups in total. The highest BCUT2D eigenvalue weighted by Crippen LogP contribution is 2.37. The molecule has 0 bridgehead atoms. The predicted molar refractivity (Wildman–Crippen MR) is 106 cm³/mol. The van der Waals surface area contributed by atoms with Gasteiger partial charge in [-0.05, 0) is 31.5 Å². The molecule has 1 saturated heterocycles. The third-order valence-corrected chi connectivity index (χ3v) is 6.00. The lowest BCUT2D eigenvalue weighted by Crippen LogP contribution is -2.32. The Bertz CT molecular complexity index is 878. The van der Waals surface area contributed by atoms with Gasteiger partial charge in [0.2, 0.25) is 0 Å². The lowest BCUT2D eigenvalue weighted by molar-refractivity contribution is 0.140. The minimum atomic E-state index is 0.388. The van der Waals surface area contributed by atoms with E-state index in [1.165, 1.54) is 23.4 Å². The number of ether oxygens (including phenoxy) is 2. The summed E-state index contributed by atoms with van der Waals surface area (Å²) in [6.45, 7) is 1.92. The average Bonchev–Trinajstić information content (AvgIpc) is 3.40. The largest absolute Gasteiger partial charge is 0.497 e. The number of likely N-dealkylation sites (tertiary alicyclic amines) is 1. The Morgan fingerprint density at radius 1 is 1.26 bits per heavy atom. The monoisotopic (exact) mass is 384 g/mol. The SMILES string of the molecule is COc1ccc(-c2[nH]ncc2CN2CCCC[C@H]2c2nccs2)c(OC)c1. The van der Waals surface area contributed by atoms with Crippen LogP contribution in [0.4, 0.5) is 0 Å². The first-order valence-corrected chi connectivity index (χ1v) is 10.1. The number of piperidine rings is 1. The average molecular weight is 385 g/mol. The van der Waals surface area contributed by atoms with E-state index in [9.17, 15) is 0 Å². The Morgan fingerprint density at radius 2 is 2.19 bits per heavy atom. The van der Waals surface area contributed by atoms with E-state index in [2.05, 4.69) is 25.5 Å². The number of nitrogens with zero attached hydrogens (tertiary/aromatic N) is 3. The number of hydrogen-bond donors (Lipinski definition) is 1. The van der Waals surface area contributed by atoms with E-state index in [4.69, 9.17) is 9.47 Å². The van der Waals surface area contributed by atoms with Gasteiger partial charge in [0.15, 0.2) is 0 Å². The molecule has 27 heavy (non-hydrogen) atoms. The first-order chi connectivity index (χ1) is 13.3. The van der Waals surface area contributed by atoms with Gasteiger partial charge in [-0.3, -0.25) is 10.00 Å². The van der Waals surface area contributed by atoms with Crippen molar-refractivity contribution < 1.29 is 9.47 Å². The van der Waals surface area contributed by atoms with E-state index < -0.39 is 0 Å². The molecule has 0 aliphatic carbocycles. The second-order valence-corrected chi connectivity index (χ2v) is 7.61. The van der Waals surface area contributed by atoms with Crippen molar-refractivity contribution in [3.8, 4) is 22.8 Å². The first-order valence-electron chi connectivity index (χ1n) is 9.18. The van der Waals surface area contributed by atoms with Crippen molar-refractivity contribution in [1.82, 2.24) is 20.1 Å². The Labute approximate surface area is 163 Å². The molecular weight excluding hydrogens is 360 g/mol. The topological polar surface area (TPSA) is 63.3 Å². The lowest BCUT2D eigenvalue weighted by Gasteiger charge is -2.34. The van der Waals surface area contributed by atoms with Crippen molar-refractivity contribution in [1.29, 1.82) is 0 Å². The number of benzene rings is 1. The number of nitrogens with one attached hydrogen (secondary N) is 1. The van der Waals surface area contributed by atoms with E-state index >= 15 is 0 Å². The number of H-pyrrole nitrogens is 1. The zero-order valence-electron chi connectivity index (χ0n) is 15.6. The maximum Gasteiger partial charge on any atom is 0.131 e. The molecule has 1 aliphatic heterocycles. The Balaban J connectivity index is 1.62. The van der Waals surface area contributed by atoms with Gasteiger partial charge >= 0.3 is 0 Å². The van der Waals surface area contributed by atoms with Crippen LogP contribution in [0.5, 0.6) is 11.5 Å². The summed E-state index contributed by atoms with van der Waals surface area (Å²) in [5.41, 5.74) is 3.16. The van der Waals surface area contributed by atoms with Crippen molar-refractivity contribution in [3.05, 3.63) is 46.5 Å². The Kier molecular flexibility index (Phi) is 5.40. The summed E-state index contributed by atoms with van der Waals surface area (Å²) in [4.78, 5) is 7.09. The fourth-order valence-electron chi connectivity index (χ4n) is 3.75. The molecule has 3 heterocycles. The molecule has 0 unspecified atom stereocenters. The zero-order chi connectivity index (χ0) is 18.6. The highest BCUT2D eigenvalue weighted by molar-refractivity contribution is 7.09. The van der Waals surface area contributed by atoms with Crippen molar-refractivity contribution in [3.63, 3.8) is 0 Å². The van der Waals surface area contributed by atoms with Crippen LogP contribution in [-0.4, -0.2) is 40.8 Å². The number of hydrogen-bond acceptors (Lipinski definition) is 6. The molecule has 1 aromatic carbocycles. The van der Waals surface area contributed by atoms with Crippen LogP contribution in [0.15, 0.2) is 36.0 Å². The molecule has 1 atom stereocenters. The second kappa shape index (κ2) is 8.10. The van der Waals surface area contributed by atoms with Gasteiger partial charge in [-0.15, -0.1) is 11.3 Å². The normalized spacial score (nSPS) is 17.8. The summed E-state index contributed by atoms with van der Waals surface area (Å²) in [5.74, 6) is 1.55. The smallest absolute Gasteiger partial charge is 0.131 e. The molecule has 0 radical (unpaired) electrons. The number of thiazole rings is 1. The molecule has 7 heteroatoms. The van der Waals surface area contributed by atoms with Gasteiger partial charge < -0.3 is 9.47 Å². The van der Waals surface area contributed by atoms with E-state index in [1.807, 2.05) is 30.6 Å². The molecule has 0 amide bonds. The molecule has 0 saturated carbocycles. The quantitative estimate of drug-likeness (QED) is 0.687. The fraction of sp³-hybridized carbons (Fsp3) is 0.400. The van der Waals surface area contributed by atoms with Gasteiger partial charge in [0.1, 0.15) is 16.5 Å². The standard InChI is InChI=1S/C20H24N4O2S/c1-25-15-6-7-16(18(11-15)26-2)19-14(12-22-23-19)13-24-9-4-3-5-17(24)20-21-8-10-27-20/h6-8,10-12,17H,3-5,9,13H2,1-2H3,(H,22,23)/t17-/m0/s1. The molecule has 0 spiro atoms. The number of rotatable bonds is 6. The summed E-state index contributed by atoms with van der Waals surface area (Å²) in [6, 6.07) is 6.25. The van der Waals surface area contributed by atoms with E-state index in [0.29, 0.717) is 6.04 Å². The maximum atomic E-state index is 5.59. The second-order valence-electron chi connectivity index (χ2n) is 6.69. The minimum Gasteiger partial charge on any atom is -0.497 e. The number of aromatic amines is 1. The molecule has 3 aromatic rings. The van der Waals surface area contributed by atoms with Crippen molar-refractivity contribution in [2.45, 2.75) is 31.8 Å². The molecule has 1 aliphatic rings. The van der Waals surface area contributed by atoms with Crippen LogP contribution >= 0.6 is 11.3 Å². The molecule has 2 aromatic heterocycles. The van der Waals surface area contributed by atoms with Crippen molar-refractivity contribution in [2.75, 3.05) is 20.8 Å². The van der Waals surface area contributed by atoms with Crippen LogP contribution in [0.3, 0.4) is 0 Å². The molecule has 142 valence electrons. The van der Waals surface area contributed by atoms with Crippen molar-refractivity contribution in [2.24, 2.45) is 0 Å². The molecule has 1 fully saturated rings. The summed E-state index contributed by atoms with van der Waals surface area (Å²) in [6.07, 6.45) is 7.46. The highest BCUT2D eigenvalue weighted by atomic mass is 32.1. The van der Waals surface area contributed by atoms with Crippen LogP contribution in [0.2, 0.25) is 0 Å². The molecule has 6 nitrogen and oxygen atoms in total. The van der Waals surface area contributed by atoms with Crippen LogP contribution in [0.25, 0.3) is 11.3 Å². The number of aromatic nitrogens is 3. The van der Waals surface area contributed by atoms with Gasteiger partial charge in [-0.25, -0.2) is 4.98 Å². The van der Waals surface area contributed by atoms with Gasteiger partial charge in [-0.2, -0.15) is 5.10 Å². The van der Waals surface area contributed by atoms with Gasteiger partial charge in [0.25, 0.3) is 0 Å². The summed E-state index contributed by atoms with van der Waals surface area (Å²) in [7, 11) is 3.34. The third kappa shape index (κ3) is 3.70. The highest BCUT2D eigenvalue weighted by Gasteiger charge is 2.27. The Morgan fingerprint density at radius 3 is 2.96 bits per heavy atom. The lowest BCUT2D eigenvalue weighted by atomic mass is 10.0. The van der Waals surface area contributed by atoms with Gasteiger partial charge in [0, 0.05) is 35.3 Å². The first kappa shape index (κ1) is 18.0. The fourth-order valence-corrected chi connectivity index (χ4v) is 4.55. The Hall–Kier alpha value is -2.38. The summed E-state index contributed by atoms with van der Waals surface area (Å²) in [5, 5.41) is 10.8. The van der Waals surface area contributed by atoms with Crippen molar-refractivity contribution >= 4 is 11.3 Å². The maximum absolute atomic E-state index is 5.59. The van der Waals surface area contributed by atoms with Crippen LogP contribution < -0.4 is 9.47 Å². The van der Waals surface area contributed by atoms with E-state index in [1.54, 1.807) is 25.6 Å².